The molecule has 0 aliphatic carbocycles. The van der Waals surface area contributed by atoms with Gasteiger partial charge in [-0.15, -0.1) is 22.9 Å². The summed E-state index contributed by atoms with van der Waals surface area (Å²) in [5, 5.41) is 3.27. The Balaban J connectivity index is 1.64. The van der Waals surface area contributed by atoms with Gasteiger partial charge < -0.3 is 4.90 Å². The second-order valence-electron chi connectivity index (χ2n) is 5.19. The summed E-state index contributed by atoms with van der Waals surface area (Å²) in [6, 6.07) is 8.54. The van der Waals surface area contributed by atoms with Crippen LogP contribution in [0.25, 0.3) is 0 Å². The van der Waals surface area contributed by atoms with Crippen molar-refractivity contribution < 1.29 is 0 Å². The van der Waals surface area contributed by atoms with Crippen molar-refractivity contribution in [1.29, 1.82) is 0 Å². The van der Waals surface area contributed by atoms with E-state index in [-0.39, 0.29) is 0 Å². The first kappa shape index (κ1) is 16.9. The zero-order chi connectivity index (χ0) is 15.1. The van der Waals surface area contributed by atoms with Gasteiger partial charge in [0.2, 0.25) is 0 Å². The Labute approximate surface area is 144 Å². The molecule has 5 heteroatoms. The van der Waals surface area contributed by atoms with Crippen LogP contribution in [0, 0.1) is 0 Å². The zero-order valence-corrected chi connectivity index (χ0v) is 15.3. The molecular formula is C16H20BrClN2S. The first-order valence-corrected chi connectivity index (χ1v) is 9.30. The van der Waals surface area contributed by atoms with Crippen LogP contribution >= 0.6 is 38.9 Å². The fourth-order valence-electron chi connectivity index (χ4n) is 2.16. The predicted molar refractivity (Wildman–Crippen MR) is 95.1 cm³/mol. The molecule has 2 aromatic rings. The zero-order valence-electron chi connectivity index (χ0n) is 12.2. The van der Waals surface area contributed by atoms with Crippen molar-refractivity contribution in [1.82, 2.24) is 9.88 Å². The normalized spacial score (nSPS) is 11.2. The van der Waals surface area contributed by atoms with Crippen LogP contribution < -0.4 is 0 Å². The Kier molecular flexibility index (Phi) is 7.17. The summed E-state index contributed by atoms with van der Waals surface area (Å²) < 4.78 is 1.13. The molecule has 1 heterocycles. The summed E-state index contributed by atoms with van der Waals surface area (Å²) in [5.74, 6) is 0.520. The van der Waals surface area contributed by atoms with E-state index in [0.717, 1.165) is 29.7 Å². The number of nitrogens with zero attached hydrogens (tertiary/aromatic N) is 2. The molecule has 0 radical (unpaired) electrons. The molecule has 0 aliphatic rings. The second-order valence-corrected chi connectivity index (χ2v) is 7.31. The average molecular weight is 388 g/mol. The molecule has 2 rings (SSSR count). The third-order valence-electron chi connectivity index (χ3n) is 3.28. The van der Waals surface area contributed by atoms with Crippen LogP contribution in [0.5, 0.6) is 0 Å². The predicted octanol–water partition coefficient (Wildman–Crippen LogP) is 5.10. The number of alkyl halides is 1. The number of thiazole rings is 1. The minimum Gasteiger partial charge on any atom is -0.302 e. The van der Waals surface area contributed by atoms with E-state index in [0.29, 0.717) is 5.88 Å². The van der Waals surface area contributed by atoms with Crippen LogP contribution in [-0.4, -0.2) is 23.5 Å². The number of unbranched alkanes of at least 4 members (excludes halogenated alkanes) is 1. The van der Waals surface area contributed by atoms with Gasteiger partial charge in [0.25, 0.3) is 0 Å². The summed E-state index contributed by atoms with van der Waals surface area (Å²) in [5.41, 5.74) is 2.36. The van der Waals surface area contributed by atoms with E-state index in [1.54, 1.807) is 11.3 Å². The molecule has 0 saturated heterocycles. The third-order valence-corrected chi connectivity index (χ3v) is 5.04. The number of aryl methyl sites for hydroxylation is 1. The average Bonchev–Trinajstić information content (AvgIpc) is 2.94. The van der Waals surface area contributed by atoms with Crippen LogP contribution in [0.1, 0.15) is 29.1 Å². The Hall–Kier alpha value is -0.420. The smallest absolute Gasteiger partial charge is 0.0928 e. The molecule has 0 saturated carbocycles. The van der Waals surface area contributed by atoms with Gasteiger partial charge in [-0.3, -0.25) is 0 Å². The van der Waals surface area contributed by atoms with Crippen molar-refractivity contribution in [2.24, 2.45) is 0 Å². The molecule has 0 fully saturated rings. The molecule has 0 bridgehead atoms. The Morgan fingerprint density at radius 1 is 1.24 bits per heavy atom. The summed E-state index contributed by atoms with van der Waals surface area (Å²) in [6.45, 7) is 2.12. The van der Waals surface area contributed by atoms with Crippen LogP contribution in [0.15, 0.2) is 34.1 Å². The van der Waals surface area contributed by atoms with E-state index in [4.69, 9.17) is 11.6 Å². The monoisotopic (exact) mass is 386 g/mol. The van der Waals surface area contributed by atoms with E-state index in [9.17, 15) is 0 Å². The van der Waals surface area contributed by atoms with Gasteiger partial charge in [-0.25, -0.2) is 4.98 Å². The molecule has 1 aromatic heterocycles. The highest BCUT2D eigenvalue weighted by Crippen LogP contribution is 2.15. The lowest BCUT2D eigenvalue weighted by molar-refractivity contribution is 0.318. The number of hydrogen-bond acceptors (Lipinski definition) is 3. The summed E-state index contributed by atoms with van der Waals surface area (Å²) in [7, 11) is 2.18. The van der Waals surface area contributed by atoms with E-state index >= 15 is 0 Å². The highest BCUT2D eigenvalue weighted by atomic mass is 79.9. The van der Waals surface area contributed by atoms with Crippen LogP contribution in [0.3, 0.4) is 0 Å². The summed E-state index contributed by atoms with van der Waals surface area (Å²) >= 11 is 11.0. The van der Waals surface area contributed by atoms with Crippen LogP contribution in [0.4, 0.5) is 0 Å². The van der Waals surface area contributed by atoms with Crippen LogP contribution in [-0.2, 0) is 18.8 Å². The van der Waals surface area contributed by atoms with Crippen molar-refractivity contribution in [3.63, 3.8) is 0 Å². The van der Waals surface area contributed by atoms with E-state index in [1.807, 2.05) is 0 Å². The highest BCUT2D eigenvalue weighted by Gasteiger charge is 2.03. The maximum atomic E-state index is 5.76. The third kappa shape index (κ3) is 6.07. The lowest BCUT2D eigenvalue weighted by atomic mass is 10.2. The summed E-state index contributed by atoms with van der Waals surface area (Å²) in [6.07, 6.45) is 3.44. The molecule has 114 valence electrons. The number of aromatic nitrogens is 1. The molecule has 0 aliphatic heterocycles. The largest absolute Gasteiger partial charge is 0.302 e. The SMILES string of the molecule is CN(CCCCc1nc(CCl)cs1)Cc1ccc(Br)cc1. The molecule has 0 amide bonds. The van der Waals surface area contributed by atoms with E-state index in [2.05, 4.69) is 62.5 Å². The molecule has 0 atom stereocenters. The Morgan fingerprint density at radius 2 is 2.00 bits per heavy atom. The van der Waals surface area contributed by atoms with Gasteiger partial charge in [-0.2, -0.15) is 0 Å². The Bertz CT molecular complexity index is 541. The van der Waals surface area contributed by atoms with Crippen LogP contribution in [0.2, 0.25) is 0 Å². The standard InChI is InChI=1S/C16H20BrClN2S/c1-20(11-13-5-7-14(17)8-6-13)9-3-2-4-16-19-15(10-18)12-21-16/h5-8,12H,2-4,9-11H2,1H3. The Morgan fingerprint density at radius 3 is 2.67 bits per heavy atom. The fraction of sp³-hybridized carbons (Fsp3) is 0.438. The van der Waals surface area contributed by atoms with Gasteiger partial charge in [0.15, 0.2) is 0 Å². The molecule has 21 heavy (non-hydrogen) atoms. The highest BCUT2D eigenvalue weighted by molar-refractivity contribution is 9.10. The lowest BCUT2D eigenvalue weighted by Crippen LogP contribution is -2.19. The van der Waals surface area contributed by atoms with E-state index < -0.39 is 0 Å². The maximum Gasteiger partial charge on any atom is 0.0928 e. The fourth-order valence-corrected chi connectivity index (χ4v) is 3.50. The van der Waals surface area contributed by atoms with Gasteiger partial charge in [-0.1, -0.05) is 28.1 Å². The molecule has 1 aromatic carbocycles. The van der Waals surface area contributed by atoms with Gasteiger partial charge in [0.1, 0.15) is 0 Å². The maximum absolute atomic E-state index is 5.76. The van der Waals surface area contributed by atoms with Crippen molar-refractivity contribution in [2.75, 3.05) is 13.6 Å². The van der Waals surface area contributed by atoms with Crippen molar-refractivity contribution in [3.05, 3.63) is 50.4 Å². The number of hydrogen-bond donors (Lipinski definition) is 0. The minimum atomic E-state index is 0.520. The molecule has 0 spiro atoms. The topological polar surface area (TPSA) is 16.1 Å². The van der Waals surface area contributed by atoms with Crippen molar-refractivity contribution in [3.8, 4) is 0 Å². The second kappa shape index (κ2) is 8.89. The first-order valence-electron chi connectivity index (χ1n) is 7.09. The van der Waals surface area contributed by atoms with Crippen molar-refractivity contribution >= 4 is 38.9 Å². The minimum absolute atomic E-state index is 0.520. The molecule has 0 unspecified atom stereocenters. The van der Waals surface area contributed by atoms with Crippen molar-refractivity contribution in [2.45, 2.75) is 31.7 Å². The molecule has 2 nitrogen and oxygen atoms in total. The number of halogens is 2. The molecular weight excluding hydrogens is 368 g/mol. The van der Waals surface area contributed by atoms with Gasteiger partial charge in [-0.05, 0) is 50.6 Å². The molecule has 0 N–H and O–H groups in total. The summed E-state index contributed by atoms with van der Waals surface area (Å²) in [4.78, 5) is 6.86. The van der Waals surface area contributed by atoms with E-state index in [1.165, 1.54) is 23.4 Å². The van der Waals surface area contributed by atoms with Gasteiger partial charge in [0, 0.05) is 16.4 Å². The van der Waals surface area contributed by atoms with Gasteiger partial charge >= 0.3 is 0 Å². The quantitative estimate of drug-likeness (QED) is 0.463. The number of benzene rings is 1. The number of rotatable bonds is 8. The van der Waals surface area contributed by atoms with Gasteiger partial charge in [0.05, 0.1) is 16.6 Å². The first-order chi connectivity index (χ1) is 10.2. The lowest BCUT2D eigenvalue weighted by Gasteiger charge is -2.16.